The molecule has 4 nitrogen and oxygen atoms in total. The molecule has 4 heteroatoms. The van der Waals surface area contributed by atoms with Crippen LogP contribution in [0, 0.1) is 11.8 Å². The molecule has 0 spiro atoms. The van der Waals surface area contributed by atoms with Gasteiger partial charge in [-0.05, 0) is 45.4 Å². The largest absolute Gasteiger partial charge is 0.491 e. The molecule has 4 unspecified atom stereocenters. The first-order valence-corrected chi connectivity index (χ1v) is 9.84. The molecule has 0 bridgehead atoms. The third-order valence-corrected chi connectivity index (χ3v) is 6.40. The molecule has 26 heavy (non-hydrogen) atoms. The smallest absolute Gasteiger partial charge is 0.190 e. The summed E-state index contributed by atoms with van der Waals surface area (Å²) in [7, 11) is 1.62. The third-order valence-electron chi connectivity index (χ3n) is 6.40. The van der Waals surface area contributed by atoms with Crippen molar-refractivity contribution in [3.8, 4) is 0 Å². The van der Waals surface area contributed by atoms with Crippen LogP contribution in [0.25, 0.3) is 0 Å². The van der Waals surface area contributed by atoms with Crippen molar-refractivity contribution in [3.63, 3.8) is 0 Å². The van der Waals surface area contributed by atoms with Crippen molar-refractivity contribution in [2.24, 2.45) is 11.8 Å². The van der Waals surface area contributed by atoms with Crippen LogP contribution < -0.4 is 0 Å². The molecule has 0 fully saturated rings. The zero-order valence-electron chi connectivity index (χ0n) is 16.5. The van der Waals surface area contributed by atoms with E-state index in [1.165, 1.54) is 5.57 Å². The summed E-state index contributed by atoms with van der Waals surface area (Å²) in [6, 6.07) is 0. The number of aliphatic hydroxyl groups excluding tert-OH is 1. The number of methoxy groups -OCH3 is 1. The predicted molar refractivity (Wildman–Crippen MR) is 102 cm³/mol. The lowest BCUT2D eigenvalue weighted by atomic mass is 9.73. The van der Waals surface area contributed by atoms with Gasteiger partial charge in [-0.25, -0.2) is 0 Å². The zero-order chi connectivity index (χ0) is 18.9. The Labute approximate surface area is 156 Å². The van der Waals surface area contributed by atoms with E-state index < -0.39 is 0 Å². The lowest BCUT2D eigenvalue weighted by Crippen LogP contribution is -2.43. The van der Waals surface area contributed by atoms with Crippen LogP contribution in [0.1, 0.15) is 59.3 Å². The molecule has 0 saturated heterocycles. The normalized spacial score (nSPS) is 32.7. The number of aliphatic hydroxyl groups is 1. The highest BCUT2D eigenvalue weighted by atomic mass is 16.5. The van der Waals surface area contributed by atoms with Crippen molar-refractivity contribution < 1.29 is 19.4 Å². The second kappa shape index (κ2) is 7.69. The number of hydrogen-bond acceptors (Lipinski definition) is 4. The van der Waals surface area contributed by atoms with Crippen molar-refractivity contribution in [2.75, 3.05) is 13.7 Å². The molecule has 0 aromatic carbocycles. The molecule has 0 aromatic heterocycles. The molecule has 3 aliphatic rings. The topological polar surface area (TPSA) is 55.8 Å². The van der Waals surface area contributed by atoms with E-state index in [1.807, 2.05) is 6.92 Å². The number of carbonyl (C=O) groups is 1. The van der Waals surface area contributed by atoms with Crippen LogP contribution in [0.5, 0.6) is 0 Å². The van der Waals surface area contributed by atoms with Gasteiger partial charge in [-0.15, -0.1) is 0 Å². The molecule has 0 saturated carbocycles. The Morgan fingerprint density at radius 3 is 3.00 bits per heavy atom. The monoisotopic (exact) mass is 360 g/mol. The fourth-order valence-corrected chi connectivity index (χ4v) is 4.67. The minimum absolute atomic E-state index is 0.121. The molecule has 1 N–H and O–H groups in total. The van der Waals surface area contributed by atoms with E-state index >= 15 is 0 Å². The van der Waals surface area contributed by atoms with Crippen LogP contribution in [0.2, 0.25) is 0 Å². The van der Waals surface area contributed by atoms with Crippen molar-refractivity contribution in [1.82, 2.24) is 0 Å². The highest BCUT2D eigenvalue weighted by molar-refractivity contribution is 6.00. The van der Waals surface area contributed by atoms with Crippen molar-refractivity contribution in [3.05, 3.63) is 34.6 Å². The Morgan fingerprint density at radius 1 is 1.54 bits per heavy atom. The fraction of sp³-hybridized carbons (Fsp3) is 0.682. The van der Waals surface area contributed by atoms with Crippen LogP contribution >= 0.6 is 0 Å². The number of allylic oxidation sites excluding steroid dienone is 2. The Kier molecular flexibility index (Phi) is 5.73. The summed E-state index contributed by atoms with van der Waals surface area (Å²) in [5.74, 6) is 1.76. The van der Waals surface area contributed by atoms with E-state index in [4.69, 9.17) is 14.6 Å². The molecular weight excluding hydrogens is 328 g/mol. The van der Waals surface area contributed by atoms with Crippen LogP contribution in [0.3, 0.4) is 0 Å². The molecule has 1 heterocycles. The highest BCUT2D eigenvalue weighted by Gasteiger charge is 2.49. The van der Waals surface area contributed by atoms with Gasteiger partial charge in [0.05, 0.1) is 6.61 Å². The van der Waals surface area contributed by atoms with E-state index in [1.54, 1.807) is 7.11 Å². The van der Waals surface area contributed by atoms with Crippen LogP contribution in [-0.2, 0) is 14.3 Å². The van der Waals surface area contributed by atoms with Gasteiger partial charge in [-0.2, -0.15) is 0 Å². The van der Waals surface area contributed by atoms with Crippen molar-refractivity contribution >= 4 is 5.78 Å². The molecule has 0 aromatic rings. The summed E-state index contributed by atoms with van der Waals surface area (Å²) in [4.78, 5) is 12.7. The number of rotatable bonds is 6. The average Bonchev–Trinajstić information content (AvgIpc) is 2.96. The van der Waals surface area contributed by atoms with Gasteiger partial charge in [-0.3, -0.25) is 4.79 Å². The average molecular weight is 360 g/mol. The maximum Gasteiger partial charge on any atom is 0.190 e. The van der Waals surface area contributed by atoms with Crippen molar-refractivity contribution in [2.45, 2.75) is 71.0 Å². The maximum absolute atomic E-state index is 12.7. The summed E-state index contributed by atoms with van der Waals surface area (Å²) in [5.41, 5.74) is 3.11. The minimum atomic E-state index is -0.306. The summed E-state index contributed by atoms with van der Waals surface area (Å²) in [6.07, 6.45) is 9.41. The molecule has 0 radical (unpaired) electrons. The second-order valence-electron chi connectivity index (χ2n) is 8.30. The fourth-order valence-electron chi connectivity index (χ4n) is 4.67. The van der Waals surface area contributed by atoms with E-state index in [2.05, 4.69) is 26.0 Å². The second-order valence-corrected chi connectivity index (χ2v) is 8.30. The lowest BCUT2D eigenvalue weighted by molar-refractivity contribution is -0.129. The van der Waals surface area contributed by atoms with Gasteiger partial charge in [-0.1, -0.05) is 30.2 Å². The molecule has 144 valence electrons. The summed E-state index contributed by atoms with van der Waals surface area (Å²) < 4.78 is 11.8. The van der Waals surface area contributed by atoms with E-state index in [0.29, 0.717) is 5.92 Å². The summed E-state index contributed by atoms with van der Waals surface area (Å²) in [6.45, 7) is 6.55. The Balaban J connectivity index is 1.73. The van der Waals surface area contributed by atoms with Gasteiger partial charge in [0.2, 0.25) is 0 Å². The lowest BCUT2D eigenvalue weighted by Gasteiger charge is -2.43. The molecular formula is C22H32O4. The predicted octanol–water partition coefficient (Wildman–Crippen LogP) is 4.10. The Bertz CT molecular complexity index is 657. The van der Waals surface area contributed by atoms with Gasteiger partial charge < -0.3 is 14.6 Å². The molecule has 2 aliphatic carbocycles. The molecule has 0 amide bonds. The van der Waals surface area contributed by atoms with E-state index in [0.717, 1.165) is 55.4 Å². The molecule has 3 rings (SSSR count). The highest BCUT2D eigenvalue weighted by Crippen LogP contribution is 2.51. The van der Waals surface area contributed by atoms with Gasteiger partial charge in [0, 0.05) is 31.4 Å². The van der Waals surface area contributed by atoms with Gasteiger partial charge >= 0.3 is 0 Å². The number of hydrogen-bond donors (Lipinski definition) is 1. The number of fused-ring (bicyclic) bond motifs is 1. The zero-order valence-corrected chi connectivity index (χ0v) is 16.5. The van der Waals surface area contributed by atoms with E-state index in [9.17, 15) is 4.79 Å². The first-order chi connectivity index (χ1) is 12.4. The SMILES string of the molecule is COC1CCC2=C(CC3C(C(C)CCC=C(C)CO)=CCC3(C)O2)C1=O. The Hall–Kier alpha value is -1.39. The summed E-state index contributed by atoms with van der Waals surface area (Å²) in [5, 5.41) is 9.13. The van der Waals surface area contributed by atoms with Crippen LogP contribution in [0.4, 0.5) is 0 Å². The number of ketones is 1. The maximum atomic E-state index is 12.7. The van der Waals surface area contributed by atoms with Crippen LogP contribution in [0.15, 0.2) is 34.6 Å². The minimum Gasteiger partial charge on any atom is -0.491 e. The third kappa shape index (κ3) is 3.54. The van der Waals surface area contributed by atoms with E-state index in [-0.39, 0.29) is 30.0 Å². The Morgan fingerprint density at radius 2 is 2.31 bits per heavy atom. The summed E-state index contributed by atoms with van der Waals surface area (Å²) >= 11 is 0. The van der Waals surface area contributed by atoms with Crippen LogP contribution in [-0.4, -0.2) is 36.3 Å². The van der Waals surface area contributed by atoms with Gasteiger partial charge in [0.15, 0.2) is 5.78 Å². The number of carbonyl (C=O) groups excluding carboxylic acids is 1. The first kappa shape index (κ1) is 19.4. The molecule has 1 aliphatic heterocycles. The number of ether oxygens (including phenoxy) is 2. The quantitative estimate of drug-likeness (QED) is 0.725. The molecule has 4 atom stereocenters. The standard InChI is InChI=1S/C22H32O4/c1-14(13-23)6-5-7-15(2)16-10-11-22(3)18(16)12-17-19(26-22)8-9-20(25-4)21(17)24/h6,10,15,18,20,23H,5,7-9,11-13H2,1-4H3. The van der Waals surface area contributed by atoms with Gasteiger partial charge in [0.25, 0.3) is 0 Å². The van der Waals surface area contributed by atoms with Crippen molar-refractivity contribution in [1.29, 1.82) is 0 Å². The van der Waals surface area contributed by atoms with Gasteiger partial charge in [0.1, 0.15) is 17.5 Å². The first-order valence-electron chi connectivity index (χ1n) is 9.84. The number of Topliss-reactive ketones (excluding diaryl/α,β-unsaturated/α-hetero) is 1.